The molecule has 134 valence electrons. The van der Waals surface area contributed by atoms with Gasteiger partial charge in [-0.3, -0.25) is 4.79 Å². The molecule has 26 heavy (non-hydrogen) atoms. The standard InChI is InChI=1S/C20H21N3O2S/c1-25-16-6-4-14(5-7-16)10-19-22-18(13-26-19)15-11-17(21-12-15)20(24)23-8-2-3-9-23/h4-7,11-13,21H,2-3,8-10H2,1H3. The van der Waals surface area contributed by atoms with Crippen molar-refractivity contribution in [2.75, 3.05) is 20.2 Å². The van der Waals surface area contributed by atoms with Crippen molar-refractivity contribution in [1.29, 1.82) is 0 Å². The molecule has 0 unspecified atom stereocenters. The van der Waals surface area contributed by atoms with Gasteiger partial charge in [0.2, 0.25) is 0 Å². The first-order valence-corrected chi connectivity index (χ1v) is 9.66. The van der Waals surface area contributed by atoms with Crippen molar-refractivity contribution in [1.82, 2.24) is 14.9 Å². The van der Waals surface area contributed by atoms with Crippen LogP contribution in [0.4, 0.5) is 0 Å². The quantitative estimate of drug-likeness (QED) is 0.742. The van der Waals surface area contributed by atoms with E-state index in [9.17, 15) is 4.79 Å². The number of ether oxygens (including phenoxy) is 1. The van der Waals surface area contributed by atoms with E-state index in [0.29, 0.717) is 5.69 Å². The van der Waals surface area contributed by atoms with Crippen LogP contribution in [0.15, 0.2) is 41.9 Å². The summed E-state index contributed by atoms with van der Waals surface area (Å²) in [6.45, 7) is 1.71. The largest absolute Gasteiger partial charge is 0.497 e. The van der Waals surface area contributed by atoms with Crippen LogP contribution in [0.3, 0.4) is 0 Å². The van der Waals surface area contributed by atoms with Crippen LogP contribution in [-0.2, 0) is 6.42 Å². The molecule has 0 bridgehead atoms. The maximum Gasteiger partial charge on any atom is 0.270 e. The highest BCUT2D eigenvalue weighted by Crippen LogP contribution is 2.25. The van der Waals surface area contributed by atoms with E-state index in [0.717, 1.165) is 54.4 Å². The Morgan fingerprint density at radius 1 is 1.27 bits per heavy atom. The molecule has 0 saturated carbocycles. The van der Waals surface area contributed by atoms with E-state index < -0.39 is 0 Å². The van der Waals surface area contributed by atoms with E-state index in [1.54, 1.807) is 18.4 Å². The molecule has 4 rings (SSSR count). The van der Waals surface area contributed by atoms with Gasteiger partial charge in [-0.05, 0) is 36.6 Å². The van der Waals surface area contributed by atoms with Gasteiger partial charge in [0.15, 0.2) is 0 Å². The van der Waals surface area contributed by atoms with Crippen LogP contribution < -0.4 is 4.74 Å². The minimum Gasteiger partial charge on any atom is -0.497 e. The summed E-state index contributed by atoms with van der Waals surface area (Å²) in [6.07, 6.45) is 4.86. The van der Waals surface area contributed by atoms with Gasteiger partial charge in [-0.25, -0.2) is 4.98 Å². The summed E-state index contributed by atoms with van der Waals surface area (Å²) in [5.41, 5.74) is 3.72. The number of amides is 1. The molecule has 2 aromatic heterocycles. The van der Waals surface area contributed by atoms with Crippen LogP contribution in [-0.4, -0.2) is 41.0 Å². The number of aromatic nitrogens is 2. The van der Waals surface area contributed by atoms with Crippen molar-refractivity contribution in [2.24, 2.45) is 0 Å². The molecule has 1 amide bonds. The van der Waals surface area contributed by atoms with E-state index in [1.165, 1.54) is 5.56 Å². The van der Waals surface area contributed by atoms with Gasteiger partial charge in [0.05, 0.1) is 17.8 Å². The Hall–Kier alpha value is -2.60. The Bertz CT molecular complexity index is 892. The number of nitrogens with one attached hydrogen (secondary N) is 1. The van der Waals surface area contributed by atoms with Gasteiger partial charge in [-0.2, -0.15) is 0 Å². The molecule has 1 aliphatic heterocycles. The Morgan fingerprint density at radius 3 is 2.77 bits per heavy atom. The number of hydrogen-bond donors (Lipinski definition) is 1. The lowest BCUT2D eigenvalue weighted by Gasteiger charge is -2.13. The molecular formula is C20H21N3O2S. The zero-order chi connectivity index (χ0) is 17.9. The van der Waals surface area contributed by atoms with Gasteiger partial charge in [-0.15, -0.1) is 11.3 Å². The van der Waals surface area contributed by atoms with Gasteiger partial charge in [0, 0.05) is 36.7 Å². The second kappa shape index (κ2) is 7.33. The number of rotatable bonds is 5. The van der Waals surface area contributed by atoms with Gasteiger partial charge < -0.3 is 14.6 Å². The van der Waals surface area contributed by atoms with E-state index in [1.807, 2.05) is 34.7 Å². The van der Waals surface area contributed by atoms with Crippen LogP contribution in [0.25, 0.3) is 11.3 Å². The molecule has 1 N–H and O–H groups in total. The molecule has 6 heteroatoms. The molecule has 3 aromatic rings. The lowest BCUT2D eigenvalue weighted by molar-refractivity contribution is 0.0788. The summed E-state index contributed by atoms with van der Waals surface area (Å²) in [5.74, 6) is 0.943. The van der Waals surface area contributed by atoms with E-state index in [4.69, 9.17) is 9.72 Å². The third kappa shape index (κ3) is 3.51. The Balaban J connectivity index is 1.46. The minimum absolute atomic E-state index is 0.0856. The third-order valence-electron chi connectivity index (χ3n) is 4.67. The lowest BCUT2D eigenvalue weighted by atomic mass is 10.1. The number of aromatic amines is 1. The number of benzene rings is 1. The van der Waals surface area contributed by atoms with Crippen LogP contribution in [0, 0.1) is 0 Å². The number of thiazole rings is 1. The highest BCUT2D eigenvalue weighted by molar-refractivity contribution is 7.10. The fourth-order valence-electron chi connectivity index (χ4n) is 3.20. The van der Waals surface area contributed by atoms with Gasteiger partial charge in [-0.1, -0.05) is 12.1 Å². The number of H-pyrrole nitrogens is 1. The van der Waals surface area contributed by atoms with E-state index in [-0.39, 0.29) is 5.91 Å². The molecule has 5 nitrogen and oxygen atoms in total. The predicted octanol–water partition coefficient (Wildman–Crippen LogP) is 3.97. The molecule has 0 radical (unpaired) electrons. The summed E-state index contributed by atoms with van der Waals surface area (Å²) in [7, 11) is 1.67. The van der Waals surface area contributed by atoms with Gasteiger partial charge in [0.25, 0.3) is 5.91 Å². The zero-order valence-electron chi connectivity index (χ0n) is 14.7. The second-order valence-electron chi connectivity index (χ2n) is 6.45. The smallest absolute Gasteiger partial charge is 0.270 e. The molecular weight excluding hydrogens is 346 g/mol. The van der Waals surface area contributed by atoms with Crippen molar-refractivity contribution in [3.63, 3.8) is 0 Å². The summed E-state index contributed by atoms with van der Waals surface area (Å²) in [4.78, 5) is 22.2. The first-order chi connectivity index (χ1) is 12.7. The molecule has 1 aromatic carbocycles. The molecule has 1 aliphatic rings. The second-order valence-corrected chi connectivity index (χ2v) is 7.40. The average Bonchev–Trinajstić information content (AvgIpc) is 3.42. The molecule has 0 atom stereocenters. The molecule has 1 saturated heterocycles. The predicted molar refractivity (Wildman–Crippen MR) is 103 cm³/mol. The van der Waals surface area contributed by atoms with Crippen LogP contribution in [0.1, 0.15) is 33.9 Å². The number of methoxy groups -OCH3 is 1. The van der Waals surface area contributed by atoms with E-state index in [2.05, 4.69) is 17.1 Å². The van der Waals surface area contributed by atoms with Gasteiger partial charge in [0.1, 0.15) is 11.4 Å². The Kier molecular flexibility index (Phi) is 4.75. The topological polar surface area (TPSA) is 58.2 Å². The summed E-state index contributed by atoms with van der Waals surface area (Å²) in [6, 6.07) is 9.96. The normalized spacial score (nSPS) is 14.0. The monoisotopic (exact) mass is 367 g/mol. The maximum atomic E-state index is 12.5. The number of hydrogen-bond acceptors (Lipinski definition) is 4. The van der Waals surface area contributed by atoms with Crippen molar-refractivity contribution in [3.05, 3.63) is 58.2 Å². The average molecular weight is 367 g/mol. The summed E-state index contributed by atoms with van der Waals surface area (Å²) >= 11 is 1.64. The van der Waals surface area contributed by atoms with Crippen molar-refractivity contribution >= 4 is 17.2 Å². The van der Waals surface area contributed by atoms with Crippen LogP contribution >= 0.6 is 11.3 Å². The van der Waals surface area contributed by atoms with Crippen molar-refractivity contribution in [3.8, 4) is 17.0 Å². The highest BCUT2D eigenvalue weighted by Gasteiger charge is 2.21. The number of nitrogens with zero attached hydrogens (tertiary/aromatic N) is 2. The first-order valence-electron chi connectivity index (χ1n) is 8.78. The molecule has 3 heterocycles. The number of carbonyl (C=O) groups is 1. The van der Waals surface area contributed by atoms with Crippen LogP contribution in [0.5, 0.6) is 5.75 Å². The zero-order valence-corrected chi connectivity index (χ0v) is 15.5. The van der Waals surface area contributed by atoms with Gasteiger partial charge >= 0.3 is 0 Å². The fraction of sp³-hybridized carbons (Fsp3) is 0.300. The molecule has 0 aliphatic carbocycles. The lowest BCUT2D eigenvalue weighted by Crippen LogP contribution is -2.27. The SMILES string of the molecule is COc1ccc(Cc2nc(-c3c[nH]c(C(=O)N4CCCC4)c3)cs2)cc1. The fourth-order valence-corrected chi connectivity index (χ4v) is 4.04. The number of carbonyl (C=O) groups excluding carboxylic acids is 1. The Labute approximate surface area is 156 Å². The third-order valence-corrected chi connectivity index (χ3v) is 5.52. The summed E-state index contributed by atoms with van der Waals surface area (Å²) in [5, 5.41) is 3.10. The van der Waals surface area contributed by atoms with Crippen molar-refractivity contribution < 1.29 is 9.53 Å². The van der Waals surface area contributed by atoms with E-state index >= 15 is 0 Å². The van der Waals surface area contributed by atoms with Crippen molar-refractivity contribution in [2.45, 2.75) is 19.3 Å². The molecule has 1 fully saturated rings. The number of likely N-dealkylation sites (tertiary alicyclic amines) is 1. The van der Waals surface area contributed by atoms with Crippen LogP contribution in [0.2, 0.25) is 0 Å². The minimum atomic E-state index is 0.0856. The Morgan fingerprint density at radius 2 is 2.04 bits per heavy atom. The highest BCUT2D eigenvalue weighted by atomic mass is 32.1. The first kappa shape index (κ1) is 16.8. The molecule has 0 spiro atoms. The summed E-state index contributed by atoms with van der Waals surface area (Å²) < 4.78 is 5.19. The maximum absolute atomic E-state index is 12.5.